The summed E-state index contributed by atoms with van der Waals surface area (Å²) in [4.78, 5) is 1.16. The lowest BCUT2D eigenvalue weighted by Gasteiger charge is -2.20. The molecule has 2 aromatic heterocycles. The van der Waals surface area contributed by atoms with Crippen molar-refractivity contribution in [1.82, 2.24) is 5.32 Å². The van der Waals surface area contributed by atoms with Crippen LogP contribution < -0.4 is 5.32 Å². The zero-order valence-corrected chi connectivity index (χ0v) is 12.7. The van der Waals surface area contributed by atoms with Crippen LogP contribution in [0, 0.1) is 5.41 Å². The number of nitrogens with one attached hydrogen (secondary N) is 1. The number of rotatable bonds is 7. The summed E-state index contributed by atoms with van der Waals surface area (Å²) in [5, 5.41) is 12.7. The summed E-state index contributed by atoms with van der Waals surface area (Å²) in [5.74, 6) is 0.906. The van der Waals surface area contributed by atoms with Gasteiger partial charge in [-0.1, -0.05) is 11.6 Å². The Morgan fingerprint density at radius 1 is 1.40 bits per heavy atom. The molecule has 2 aromatic rings. The van der Waals surface area contributed by atoms with Gasteiger partial charge in [-0.3, -0.25) is 0 Å². The number of halogens is 1. The average molecular weight is 312 g/mol. The summed E-state index contributed by atoms with van der Waals surface area (Å²) in [6.07, 6.45) is 4.95. The fourth-order valence-corrected chi connectivity index (χ4v) is 3.67. The molecule has 3 rings (SSSR count). The van der Waals surface area contributed by atoms with E-state index in [1.165, 1.54) is 12.8 Å². The zero-order valence-electron chi connectivity index (χ0n) is 11.1. The Bertz CT molecular complexity index is 548. The van der Waals surface area contributed by atoms with Crippen molar-refractivity contribution in [3.05, 3.63) is 45.5 Å². The van der Waals surface area contributed by atoms with Gasteiger partial charge in [0.25, 0.3) is 0 Å². The fourth-order valence-electron chi connectivity index (χ4n) is 2.53. The zero-order chi connectivity index (χ0) is 14.0. The molecule has 0 saturated heterocycles. The van der Waals surface area contributed by atoms with Crippen LogP contribution in [0.2, 0.25) is 4.34 Å². The van der Waals surface area contributed by atoms with Gasteiger partial charge in [-0.25, -0.2) is 0 Å². The minimum atomic E-state index is 0.0404. The van der Waals surface area contributed by atoms with Gasteiger partial charge < -0.3 is 14.8 Å². The summed E-state index contributed by atoms with van der Waals surface area (Å²) >= 11 is 7.62. The molecule has 1 atom stereocenters. The van der Waals surface area contributed by atoms with Crippen molar-refractivity contribution in [3.8, 4) is 0 Å². The molecule has 20 heavy (non-hydrogen) atoms. The number of thiophene rings is 1. The second-order valence-electron chi connectivity index (χ2n) is 5.44. The van der Waals surface area contributed by atoms with Crippen molar-refractivity contribution in [1.29, 1.82) is 0 Å². The van der Waals surface area contributed by atoms with Crippen LogP contribution in [-0.4, -0.2) is 18.3 Å². The lowest BCUT2D eigenvalue weighted by atomic mass is 10.0. The molecule has 2 heterocycles. The molecular formula is C15H18ClNO2S. The first-order valence-corrected chi connectivity index (χ1v) is 8.05. The number of hydrogen-bond donors (Lipinski definition) is 2. The van der Waals surface area contributed by atoms with E-state index in [1.54, 1.807) is 17.6 Å². The van der Waals surface area contributed by atoms with Crippen molar-refractivity contribution in [3.63, 3.8) is 0 Å². The molecule has 2 N–H and O–H groups in total. The monoisotopic (exact) mass is 311 g/mol. The topological polar surface area (TPSA) is 45.4 Å². The molecule has 0 amide bonds. The normalized spacial score (nSPS) is 18.1. The van der Waals surface area contributed by atoms with Gasteiger partial charge >= 0.3 is 0 Å². The molecule has 0 aliphatic heterocycles. The SMILES string of the molecule is OCCC1(CNC(c2ccco2)c2ccc(Cl)s2)CC1. The maximum absolute atomic E-state index is 9.15. The minimum Gasteiger partial charge on any atom is -0.467 e. The van der Waals surface area contributed by atoms with Gasteiger partial charge in [0.2, 0.25) is 0 Å². The first-order chi connectivity index (χ1) is 9.72. The van der Waals surface area contributed by atoms with Crippen molar-refractivity contribution in [2.24, 2.45) is 5.41 Å². The molecule has 0 bridgehead atoms. The molecule has 1 fully saturated rings. The van der Waals surface area contributed by atoms with E-state index in [0.29, 0.717) is 0 Å². The second-order valence-corrected chi connectivity index (χ2v) is 7.19. The van der Waals surface area contributed by atoms with Gasteiger partial charge in [-0.05, 0) is 48.9 Å². The highest BCUT2D eigenvalue weighted by Crippen LogP contribution is 2.48. The van der Waals surface area contributed by atoms with E-state index >= 15 is 0 Å². The van der Waals surface area contributed by atoms with Crippen LogP contribution in [0.4, 0.5) is 0 Å². The first kappa shape index (κ1) is 14.1. The van der Waals surface area contributed by atoms with Crippen LogP contribution in [0.15, 0.2) is 34.9 Å². The third-order valence-electron chi connectivity index (χ3n) is 3.99. The summed E-state index contributed by atoms with van der Waals surface area (Å²) in [6, 6.07) is 7.88. The van der Waals surface area contributed by atoms with Crippen LogP contribution in [0.1, 0.15) is 35.9 Å². The lowest BCUT2D eigenvalue weighted by molar-refractivity contribution is 0.242. The van der Waals surface area contributed by atoms with Crippen LogP contribution >= 0.6 is 22.9 Å². The Morgan fingerprint density at radius 3 is 2.80 bits per heavy atom. The molecule has 1 aliphatic carbocycles. The van der Waals surface area contributed by atoms with Crippen LogP contribution in [0.3, 0.4) is 0 Å². The Labute approximate surface area is 127 Å². The maximum Gasteiger partial charge on any atom is 0.126 e. The van der Waals surface area contributed by atoms with E-state index in [1.807, 2.05) is 24.3 Å². The average Bonchev–Trinajstić information content (AvgIpc) is 2.85. The molecule has 1 aliphatic rings. The van der Waals surface area contributed by atoms with Crippen molar-refractivity contribution < 1.29 is 9.52 Å². The van der Waals surface area contributed by atoms with E-state index in [0.717, 1.165) is 27.9 Å². The molecule has 0 aromatic carbocycles. The number of hydrogen-bond acceptors (Lipinski definition) is 4. The quantitative estimate of drug-likeness (QED) is 0.816. The van der Waals surface area contributed by atoms with Gasteiger partial charge in [-0.15, -0.1) is 11.3 Å². The largest absolute Gasteiger partial charge is 0.467 e. The Hall–Kier alpha value is -0.810. The van der Waals surface area contributed by atoms with E-state index in [-0.39, 0.29) is 18.1 Å². The number of aliphatic hydroxyl groups excluding tert-OH is 1. The molecule has 108 valence electrons. The van der Waals surface area contributed by atoms with E-state index in [2.05, 4.69) is 5.32 Å². The fraction of sp³-hybridized carbons (Fsp3) is 0.467. The molecule has 1 saturated carbocycles. The van der Waals surface area contributed by atoms with E-state index in [9.17, 15) is 0 Å². The van der Waals surface area contributed by atoms with Crippen molar-refractivity contribution >= 4 is 22.9 Å². The van der Waals surface area contributed by atoms with Gasteiger partial charge in [-0.2, -0.15) is 0 Å². The van der Waals surface area contributed by atoms with Crippen molar-refractivity contribution in [2.75, 3.05) is 13.2 Å². The minimum absolute atomic E-state index is 0.0404. The highest BCUT2D eigenvalue weighted by molar-refractivity contribution is 7.16. The third-order valence-corrected chi connectivity index (χ3v) is 5.28. The number of furan rings is 1. The van der Waals surface area contributed by atoms with Gasteiger partial charge in [0, 0.05) is 18.0 Å². The van der Waals surface area contributed by atoms with Crippen LogP contribution in [0.5, 0.6) is 0 Å². The highest BCUT2D eigenvalue weighted by Gasteiger charge is 2.42. The summed E-state index contributed by atoms with van der Waals surface area (Å²) in [5.41, 5.74) is 0.278. The molecule has 5 heteroatoms. The highest BCUT2D eigenvalue weighted by atomic mass is 35.5. The molecule has 1 unspecified atom stereocenters. The smallest absolute Gasteiger partial charge is 0.126 e. The second kappa shape index (κ2) is 5.90. The van der Waals surface area contributed by atoms with Crippen LogP contribution in [0.25, 0.3) is 0 Å². The Morgan fingerprint density at radius 2 is 2.25 bits per heavy atom. The van der Waals surface area contributed by atoms with E-state index in [4.69, 9.17) is 21.1 Å². The maximum atomic E-state index is 9.15. The molecule has 0 radical (unpaired) electrons. The first-order valence-electron chi connectivity index (χ1n) is 6.85. The molecule has 3 nitrogen and oxygen atoms in total. The third kappa shape index (κ3) is 3.09. The summed E-state index contributed by atoms with van der Waals surface area (Å²) in [7, 11) is 0. The molecule has 0 spiro atoms. The lowest BCUT2D eigenvalue weighted by Crippen LogP contribution is -2.29. The van der Waals surface area contributed by atoms with E-state index < -0.39 is 0 Å². The van der Waals surface area contributed by atoms with Crippen LogP contribution in [-0.2, 0) is 0 Å². The predicted octanol–water partition coefficient (Wildman–Crippen LogP) is 3.84. The summed E-state index contributed by atoms with van der Waals surface area (Å²) < 4.78 is 6.34. The molecular weight excluding hydrogens is 294 g/mol. The Kier molecular flexibility index (Phi) is 4.17. The predicted molar refractivity (Wildman–Crippen MR) is 81.3 cm³/mol. The van der Waals surface area contributed by atoms with Gasteiger partial charge in [0.05, 0.1) is 10.6 Å². The Balaban J connectivity index is 1.73. The standard InChI is InChI=1S/C15H18ClNO2S/c16-13-4-3-12(20-13)14(11-2-1-9-19-11)17-10-15(5-6-15)7-8-18/h1-4,9,14,17-18H,5-8,10H2. The van der Waals surface area contributed by atoms with Gasteiger partial charge in [0.15, 0.2) is 0 Å². The summed E-state index contributed by atoms with van der Waals surface area (Å²) in [6.45, 7) is 1.16. The number of aliphatic hydroxyl groups is 1. The van der Waals surface area contributed by atoms with Gasteiger partial charge in [0.1, 0.15) is 11.8 Å². The van der Waals surface area contributed by atoms with Crippen molar-refractivity contribution in [2.45, 2.75) is 25.3 Å².